The Kier molecular flexibility index (Phi) is 6.18. The van der Waals surface area contributed by atoms with Crippen molar-refractivity contribution >= 4 is 5.91 Å². The summed E-state index contributed by atoms with van der Waals surface area (Å²) in [7, 11) is 0. The molecule has 1 aromatic carbocycles. The van der Waals surface area contributed by atoms with E-state index in [0.717, 1.165) is 11.8 Å². The Bertz CT molecular complexity index is 788. The highest BCUT2D eigenvalue weighted by atomic mass is 19.4. The van der Waals surface area contributed by atoms with Gasteiger partial charge < -0.3 is 15.2 Å². The highest BCUT2D eigenvalue weighted by molar-refractivity contribution is 5.79. The van der Waals surface area contributed by atoms with Crippen molar-refractivity contribution in [1.29, 1.82) is 0 Å². The number of pyridine rings is 1. The van der Waals surface area contributed by atoms with Crippen molar-refractivity contribution in [3.05, 3.63) is 59.4 Å². The number of aliphatic hydroxyl groups is 1. The number of aliphatic hydroxyl groups excluding tert-OH is 1. The molecular formula is C20H21F3N2O3. The molecule has 1 amide bonds. The number of carbonyl (C=O) groups is 1. The van der Waals surface area contributed by atoms with Gasteiger partial charge in [0.25, 0.3) is 0 Å². The molecular weight excluding hydrogens is 373 g/mol. The molecule has 1 aromatic heterocycles. The number of ether oxygens (including phenoxy) is 1. The number of rotatable bonds is 8. The number of hydrogen-bond donors (Lipinski definition) is 2. The lowest BCUT2D eigenvalue weighted by molar-refractivity contribution is -0.153. The molecule has 2 aromatic rings. The zero-order chi connectivity index (χ0) is 20.1. The summed E-state index contributed by atoms with van der Waals surface area (Å²) in [4.78, 5) is 16.2. The number of hydrogen-bond acceptors (Lipinski definition) is 4. The Morgan fingerprint density at radius 1 is 1.21 bits per heavy atom. The van der Waals surface area contributed by atoms with Gasteiger partial charge in [0, 0.05) is 0 Å². The van der Waals surface area contributed by atoms with E-state index in [9.17, 15) is 23.1 Å². The van der Waals surface area contributed by atoms with Crippen LogP contribution in [0.5, 0.6) is 5.75 Å². The fourth-order valence-electron chi connectivity index (χ4n) is 2.82. The van der Waals surface area contributed by atoms with E-state index in [-0.39, 0.29) is 24.7 Å². The molecule has 8 heteroatoms. The Labute approximate surface area is 160 Å². The molecule has 1 atom stereocenters. The Balaban J connectivity index is 1.54. The summed E-state index contributed by atoms with van der Waals surface area (Å²) in [5, 5.41) is 12.2. The summed E-state index contributed by atoms with van der Waals surface area (Å²) in [6, 6.07) is 9.89. The van der Waals surface area contributed by atoms with Gasteiger partial charge in [0.2, 0.25) is 5.91 Å². The monoisotopic (exact) mass is 394 g/mol. The zero-order valence-electron chi connectivity index (χ0n) is 15.1. The summed E-state index contributed by atoms with van der Waals surface area (Å²) in [5.74, 6) is 0.327. The third kappa shape index (κ3) is 5.95. The molecule has 28 heavy (non-hydrogen) atoms. The van der Waals surface area contributed by atoms with Crippen molar-refractivity contribution in [2.24, 2.45) is 0 Å². The Morgan fingerprint density at radius 2 is 1.93 bits per heavy atom. The number of halogens is 3. The van der Waals surface area contributed by atoms with Crippen LogP contribution < -0.4 is 10.1 Å². The van der Waals surface area contributed by atoms with Gasteiger partial charge in [-0.2, -0.15) is 13.2 Å². The molecule has 1 fully saturated rings. The smallest absolute Gasteiger partial charge is 0.422 e. The van der Waals surface area contributed by atoms with Crippen LogP contribution in [0.15, 0.2) is 42.6 Å². The lowest BCUT2D eigenvalue weighted by Gasteiger charge is -2.16. The molecule has 1 unspecified atom stereocenters. The summed E-state index contributed by atoms with van der Waals surface area (Å²) < 4.78 is 41.1. The van der Waals surface area contributed by atoms with Gasteiger partial charge in [0.15, 0.2) is 6.61 Å². The largest absolute Gasteiger partial charge is 0.483 e. The van der Waals surface area contributed by atoms with Crippen LogP contribution in [0.3, 0.4) is 0 Å². The van der Waals surface area contributed by atoms with E-state index in [1.54, 1.807) is 0 Å². The minimum atomic E-state index is -4.43. The second-order valence-corrected chi connectivity index (χ2v) is 6.82. The van der Waals surface area contributed by atoms with Gasteiger partial charge in [0.1, 0.15) is 5.75 Å². The zero-order valence-corrected chi connectivity index (χ0v) is 15.1. The van der Waals surface area contributed by atoms with E-state index in [1.807, 2.05) is 24.3 Å². The Morgan fingerprint density at radius 3 is 2.46 bits per heavy atom. The molecule has 5 nitrogen and oxygen atoms in total. The van der Waals surface area contributed by atoms with Crippen molar-refractivity contribution in [2.45, 2.75) is 37.4 Å². The van der Waals surface area contributed by atoms with Crippen molar-refractivity contribution in [3.8, 4) is 5.75 Å². The average Bonchev–Trinajstić information content (AvgIpc) is 3.50. The molecule has 0 aliphatic heterocycles. The van der Waals surface area contributed by atoms with Crippen LogP contribution in [-0.2, 0) is 11.2 Å². The van der Waals surface area contributed by atoms with Gasteiger partial charge in [0.05, 0.1) is 31.0 Å². The number of aromatic nitrogens is 1. The van der Waals surface area contributed by atoms with Gasteiger partial charge in [-0.25, -0.2) is 0 Å². The van der Waals surface area contributed by atoms with E-state index in [1.165, 1.54) is 30.5 Å². The molecule has 1 aliphatic carbocycles. The quantitative estimate of drug-likeness (QED) is 0.721. The van der Waals surface area contributed by atoms with Crippen LogP contribution >= 0.6 is 0 Å². The number of alkyl halides is 3. The molecule has 1 heterocycles. The van der Waals surface area contributed by atoms with Gasteiger partial charge in [-0.1, -0.05) is 24.3 Å². The van der Waals surface area contributed by atoms with Crippen molar-refractivity contribution in [2.75, 3.05) is 13.2 Å². The highest BCUT2D eigenvalue weighted by Gasteiger charge is 2.28. The lowest BCUT2D eigenvalue weighted by Crippen LogP contribution is -2.32. The Hall–Kier alpha value is -2.61. The normalized spacial score (nSPS) is 15.1. The molecule has 2 N–H and O–H groups in total. The standard InChI is InChI=1S/C20H21F3N2O3/c21-20(22,23)12-28-16-7-8-17(24-10-16)18(11-26)25-19(27)9-13-1-3-14(4-2-13)15-5-6-15/h1-4,7-8,10,15,18,26H,5-6,9,11-12H2,(H,25,27). The molecule has 150 valence electrons. The van der Waals surface area contributed by atoms with E-state index >= 15 is 0 Å². The topological polar surface area (TPSA) is 71.5 Å². The number of nitrogens with zero attached hydrogens (tertiary/aromatic N) is 1. The fourth-order valence-corrected chi connectivity index (χ4v) is 2.82. The summed E-state index contributed by atoms with van der Waals surface area (Å²) >= 11 is 0. The van der Waals surface area contributed by atoms with E-state index in [0.29, 0.717) is 11.6 Å². The second kappa shape index (κ2) is 8.60. The van der Waals surface area contributed by atoms with Gasteiger partial charge in [-0.3, -0.25) is 9.78 Å². The average molecular weight is 394 g/mol. The first kappa shape index (κ1) is 20.1. The second-order valence-electron chi connectivity index (χ2n) is 6.82. The maximum atomic E-state index is 12.3. The van der Waals surface area contributed by atoms with E-state index in [4.69, 9.17) is 0 Å². The molecule has 1 saturated carbocycles. The predicted octanol–water partition coefficient (Wildman–Crippen LogP) is 3.29. The lowest BCUT2D eigenvalue weighted by atomic mass is 10.1. The third-order valence-electron chi connectivity index (χ3n) is 4.43. The molecule has 1 aliphatic rings. The fraction of sp³-hybridized carbons (Fsp3) is 0.400. The molecule has 0 bridgehead atoms. The molecule has 0 radical (unpaired) electrons. The van der Waals surface area contributed by atoms with Crippen molar-refractivity contribution < 1.29 is 27.8 Å². The van der Waals surface area contributed by atoms with Gasteiger partial charge >= 0.3 is 6.18 Å². The van der Waals surface area contributed by atoms with Crippen LogP contribution in [0, 0.1) is 0 Å². The predicted molar refractivity (Wildman–Crippen MR) is 95.9 cm³/mol. The van der Waals surface area contributed by atoms with Crippen LogP contribution in [0.4, 0.5) is 13.2 Å². The minimum absolute atomic E-state index is 0.0418. The highest BCUT2D eigenvalue weighted by Crippen LogP contribution is 2.39. The third-order valence-corrected chi connectivity index (χ3v) is 4.43. The van der Waals surface area contributed by atoms with Crippen LogP contribution in [0.1, 0.15) is 41.6 Å². The SMILES string of the molecule is O=C(Cc1ccc(C2CC2)cc1)NC(CO)c1ccc(OCC(F)(F)F)cn1. The number of amides is 1. The van der Waals surface area contributed by atoms with Crippen molar-refractivity contribution in [3.63, 3.8) is 0 Å². The van der Waals surface area contributed by atoms with E-state index in [2.05, 4.69) is 15.0 Å². The molecule has 0 spiro atoms. The summed E-state index contributed by atoms with van der Waals surface area (Å²) in [6.45, 7) is -1.80. The van der Waals surface area contributed by atoms with Crippen molar-refractivity contribution in [1.82, 2.24) is 10.3 Å². The number of nitrogens with one attached hydrogen (secondary N) is 1. The molecule has 3 rings (SSSR count). The van der Waals surface area contributed by atoms with Crippen LogP contribution in [0.2, 0.25) is 0 Å². The van der Waals surface area contributed by atoms with Crippen LogP contribution in [0.25, 0.3) is 0 Å². The van der Waals surface area contributed by atoms with Gasteiger partial charge in [-0.05, 0) is 42.0 Å². The first-order valence-corrected chi connectivity index (χ1v) is 8.98. The maximum Gasteiger partial charge on any atom is 0.422 e. The summed E-state index contributed by atoms with van der Waals surface area (Å²) in [5.41, 5.74) is 2.48. The first-order chi connectivity index (χ1) is 13.3. The number of carbonyl (C=O) groups excluding carboxylic acids is 1. The summed E-state index contributed by atoms with van der Waals surface area (Å²) in [6.07, 6.45) is -0.714. The van der Waals surface area contributed by atoms with Crippen LogP contribution in [-0.4, -0.2) is 35.4 Å². The maximum absolute atomic E-state index is 12.3. The van der Waals surface area contributed by atoms with Gasteiger partial charge in [-0.15, -0.1) is 0 Å². The number of benzene rings is 1. The first-order valence-electron chi connectivity index (χ1n) is 8.98. The minimum Gasteiger partial charge on any atom is -0.483 e. The molecule has 0 saturated heterocycles. The van der Waals surface area contributed by atoms with E-state index < -0.39 is 18.8 Å².